The Bertz CT molecular complexity index is 1110. The summed E-state index contributed by atoms with van der Waals surface area (Å²) in [4.78, 5) is 7.89. The van der Waals surface area contributed by atoms with Crippen LogP contribution in [0.2, 0.25) is 5.02 Å². The van der Waals surface area contributed by atoms with Crippen LogP contribution in [0.25, 0.3) is 22.0 Å². The molecule has 0 spiro atoms. The van der Waals surface area contributed by atoms with E-state index in [-0.39, 0.29) is 6.10 Å². The number of rotatable bonds is 5. The van der Waals surface area contributed by atoms with E-state index in [0.717, 1.165) is 63.3 Å². The average Bonchev–Trinajstić information content (AvgIpc) is 3.31. The number of aliphatic imine (C=N–C) groups is 1. The summed E-state index contributed by atoms with van der Waals surface area (Å²) in [5.41, 5.74) is 7.33. The fraction of sp³-hybridized carbons (Fsp3) is 0.292. The number of nitrogens with one attached hydrogen (secondary N) is 1. The number of aromatic amines is 1. The van der Waals surface area contributed by atoms with Gasteiger partial charge in [-0.2, -0.15) is 0 Å². The minimum absolute atomic E-state index is 0.137. The van der Waals surface area contributed by atoms with Crippen molar-refractivity contribution >= 4 is 28.2 Å². The van der Waals surface area contributed by atoms with Gasteiger partial charge in [0.2, 0.25) is 0 Å². The first-order valence-corrected chi connectivity index (χ1v) is 10.2. The van der Waals surface area contributed by atoms with Crippen LogP contribution in [0.5, 0.6) is 5.75 Å². The van der Waals surface area contributed by atoms with Crippen LogP contribution in [0.15, 0.2) is 48.1 Å². The topological polar surface area (TPSA) is 46.6 Å². The van der Waals surface area contributed by atoms with Gasteiger partial charge in [-0.25, -0.2) is 0 Å². The smallest absolute Gasteiger partial charge is 0.124 e. The van der Waals surface area contributed by atoms with Crippen molar-refractivity contribution in [3.05, 3.63) is 65.0 Å². The number of hydrogen-bond donors (Lipinski definition) is 1. The molecule has 0 amide bonds. The highest BCUT2D eigenvalue weighted by molar-refractivity contribution is 6.32. The number of H-pyrrole nitrogens is 1. The number of fused-ring (bicyclic) bond motifs is 1. The van der Waals surface area contributed by atoms with Crippen LogP contribution < -0.4 is 4.74 Å². The average molecular weight is 409 g/mol. The quantitative estimate of drug-likeness (QED) is 0.509. The Hall–Kier alpha value is -2.56. The van der Waals surface area contributed by atoms with Crippen molar-refractivity contribution in [2.45, 2.75) is 33.3 Å². The van der Waals surface area contributed by atoms with Crippen LogP contribution in [0.3, 0.4) is 0 Å². The van der Waals surface area contributed by atoms with Crippen LogP contribution in [0.4, 0.5) is 0 Å². The summed E-state index contributed by atoms with van der Waals surface area (Å²) in [6, 6.07) is 10.3. The number of ether oxygens (including phenoxy) is 2. The van der Waals surface area contributed by atoms with E-state index in [9.17, 15) is 0 Å². The van der Waals surface area contributed by atoms with Gasteiger partial charge >= 0.3 is 0 Å². The monoisotopic (exact) mass is 408 g/mol. The molecule has 0 aliphatic carbocycles. The molecule has 1 unspecified atom stereocenters. The minimum atomic E-state index is 0.137. The molecule has 5 heteroatoms. The van der Waals surface area contributed by atoms with E-state index < -0.39 is 0 Å². The van der Waals surface area contributed by atoms with Crippen LogP contribution >= 0.6 is 11.6 Å². The van der Waals surface area contributed by atoms with Crippen molar-refractivity contribution < 1.29 is 9.47 Å². The SMILES string of the molecule is C=CN=C(C)c1[nH]c2c(-c3ccc(OC4CCOC4)c(C)c3)cc(Cl)cc2c1C. The highest BCUT2D eigenvalue weighted by Gasteiger charge is 2.19. The number of nitrogens with zero attached hydrogens (tertiary/aromatic N) is 1. The van der Waals surface area contributed by atoms with Gasteiger partial charge in [0.1, 0.15) is 11.9 Å². The van der Waals surface area contributed by atoms with Crippen LogP contribution in [-0.2, 0) is 4.74 Å². The number of aryl methyl sites for hydroxylation is 2. The molecule has 4 rings (SSSR count). The maximum Gasteiger partial charge on any atom is 0.124 e. The van der Waals surface area contributed by atoms with Crippen molar-refractivity contribution in [1.29, 1.82) is 0 Å². The standard InChI is InChI=1S/C24H25ClN2O2/c1-5-26-16(4)23-15(3)20-11-18(25)12-21(24(20)27-23)17-6-7-22(14(2)10-17)29-19-8-9-28-13-19/h5-7,10-12,19,27H,1,8-9,13H2,2-4H3. The lowest BCUT2D eigenvalue weighted by molar-refractivity contribution is 0.141. The summed E-state index contributed by atoms with van der Waals surface area (Å²) >= 11 is 6.48. The van der Waals surface area contributed by atoms with Gasteiger partial charge in [0.25, 0.3) is 0 Å². The van der Waals surface area contributed by atoms with E-state index in [0.29, 0.717) is 11.6 Å². The summed E-state index contributed by atoms with van der Waals surface area (Å²) in [6.07, 6.45) is 2.64. The fourth-order valence-electron chi connectivity index (χ4n) is 3.92. The summed E-state index contributed by atoms with van der Waals surface area (Å²) in [5, 5.41) is 1.81. The van der Waals surface area contributed by atoms with Crippen LogP contribution in [0.1, 0.15) is 30.2 Å². The molecule has 1 saturated heterocycles. The Kier molecular flexibility index (Phi) is 5.48. The molecule has 4 nitrogen and oxygen atoms in total. The van der Waals surface area contributed by atoms with Crippen molar-refractivity contribution in [1.82, 2.24) is 4.98 Å². The molecular weight excluding hydrogens is 384 g/mol. The second-order valence-corrected chi connectivity index (χ2v) is 7.92. The van der Waals surface area contributed by atoms with Crippen LogP contribution in [-0.4, -0.2) is 30.0 Å². The lowest BCUT2D eigenvalue weighted by Crippen LogP contribution is -2.16. The lowest BCUT2D eigenvalue weighted by Gasteiger charge is -2.15. The molecule has 1 atom stereocenters. The molecule has 150 valence electrons. The number of hydrogen-bond acceptors (Lipinski definition) is 3. The molecule has 0 bridgehead atoms. The van der Waals surface area contributed by atoms with Crippen molar-refractivity contribution in [3.63, 3.8) is 0 Å². The second kappa shape index (κ2) is 8.05. The number of benzene rings is 2. The van der Waals surface area contributed by atoms with Crippen molar-refractivity contribution in [2.75, 3.05) is 13.2 Å². The maximum absolute atomic E-state index is 6.48. The molecule has 1 N–H and O–H groups in total. The highest BCUT2D eigenvalue weighted by atomic mass is 35.5. The largest absolute Gasteiger partial charge is 0.488 e. The van der Waals surface area contributed by atoms with Gasteiger partial charge in [-0.1, -0.05) is 24.2 Å². The molecule has 3 aromatic rings. The first kappa shape index (κ1) is 19.7. The normalized spacial score (nSPS) is 17.1. The van der Waals surface area contributed by atoms with E-state index in [4.69, 9.17) is 21.1 Å². The zero-order valence-electron chi connectivity index (χ0n) is 17.0. The Balaban J connectivity index is 1.79. The Morgan fingerprint density at radius 1 is 1.31 bits per heavy atom. The third-order valence-corrected chi connectivity index (χ3v) is 5.66. The van der Waals surface area contributed by atoms with Gasteiger partial charge < -0.3 is 14.5 Å². The first-order chi connectivity index (χ1) is 14.0. The molecular formula is C24H25ClN2O2. The van der Waals surface area contributed by atoms with E-state index in [2.05, 4.69) is 42.5 Å². The van der Waals surface area contributed by atoms with Gasteiger partial charge in [-0.3, -0.25) is 4.99 Å². The molecule has 2 heterocycles. The molecule has 1 fully saturated rings. The van der Waals surface area contributed by atoms with Gasteiger partial charge in [0, 0.05) is 28.6 Å². The summed E-state index contributed by atoms with van der Waals surface area (Å²) in [7, 11) is 0. The van der Waals surface area contributed by atoms with Crippen LogP contribution in [0, 0.1) is 13.8 Å². The first-order valence-electron chi connectivity index (χ1n) is 9.81. The number of halogens is 1. The summed E-state index contributed by atoms with van der Waals surface area (Å²) < 4.78 is 11.5. The maximum atomic E-state index is 6.48. The van der Waals surface area contributed by atoms with Gasteiger partial charge in [-0.15, -0.1) is 0 Å². The van der Waals surface area contributed by atoms with E-state index in [1.54, 1.807) is 6.20 Å². The van der Waals surface area contributed by atoms with Gasteiger partial charge in [-0.05, 0) is 61.7 Å². The van der Waals surface area contributed by atoms with Crippen molar-refractivity contribution in [3.8, 4) is 16.9 Å². The zero-order valence-corrected chi connectivity index (χ0v) is 17.8. The molecule has 2 aromatic carbocycles. The van der Waals surface area contributed by atoms with E-state index >= 15 is 0 Å². The second-order valence-electron chi connectivity index (χ2n) is 7.48. The Morgan fingerprint density at radius 3 is 2.83 bits per heavy atom. The fourth-order valence-corrected chi connectivity index (χ4v) is 4.13. The van der Waals surface area contributed by atoms with E-state index in [1.165, 1.54) is 0 Å². The Morgan fingerprint density at radius 2 is 2.14 bits per heavy atom. The third-order valence-electron chi connectivity index (χ3n) is 5.45. The van der Waals surface area contributed by atoms with Gasteiger partial charge in [0.05, 0.1) is 30.1 Å². The predicted molar refractivity (Wildman–Crippen MR) is 120 cm³/mol. The Labute approximate surface area is 176 Å². The molecule has 0 radical (unpaired) electrons. The zero-order chi connectivity index (χ0) is 20.5. The van der Waals surface area contributed by atoms with E-state index in [1.807, 2.05) is 25.1 Å². The molecule has 29 heavy (non-hydrogen) atoms. The predicted octanol–water partition coefficient (Wildman–Crippen LogP) is 6.23. The summed E-state index contributed by atoms with van der Waals surface area (Å²) in [6.45, 7) is 11.3. The number of aromatic nitrogens is 1. The van der Waals surface area contributed by atoms with Gasteiger partial charge in [0.15, 0.2) is 0 Å². The summed E-state index contributed by atoms with van der Waals surface area (Å²) in [5.74, 6) is 0.903. The van der Waals surface area contributed by atoms with Crippen molar-refractivity contribution in [2.24, 2.45) is 4.99 Å². The molecule has 1 aliphatic heterocycles. The third kappa shape index (κ3) is 3.83. The highest BCUT2D eigenvalue weighted by Crippen LogP contribution is 2.36. The minimum Gasteiger partial charge on any atom is -0.488 e. The lowest BCUT2D eigenvalue weighted by atomic mass is 9.99. The molecule has 1 aliphatic rings. The molecule has 0 saturated carbocycles. The molecule has 1 aromatic heterocycles.